The lowest BCUT2D eigenvalue weighted by Crippen LogP contribution is -2.16. The minimum atomic E-state index is -0.263. The summed E-state index contributed by atoms with van der Waals surface area (Å²) in [7, 11) is 0. The number of hydrogen-bond donors (Lipinski definition) is 4. The molecule has 30 heavy (non-hydrogen) atoms. The average Bonchev–Trinajstić information content (AvgIpc) is 3.19. The van der Waals surface area contributed by atoms with Crippen molar-refractivity contribution in [1.82, 2.24) is 9.97 Å². The fourth-order valence-corrected chi connectivity index (χ4v) is 3.87. The molecule has 0 saturated heterocycles. The number of carbonyl (C=O) groups is 1. The van der Waals surface area contributed by atoms with Crippen molar-refractivity contribution in [3.8, 4) is 17.0 Å². The Labute approximate surface area is 174 Å². The van der Waals surface area contributed by atoms with Crippen molar-refractivity contribution in [2.75, 3.05) is 5.32 Å². The highest BCUT2D eigenvalue weighted by atomic mass is 16.3. The molecule has 0 aliphatic heterocycles. The van der Waals surface area contributed by atoms with E-state index in [4.69, 9.17) is 11.1 Å². The zero-order valence-electron chi connectivity index (χ0n) is 16.7. The van der Waals surface area contributed by atoms with Crippen LogP contribution in [-0.2, 0) is 24.1 Å². The van der Waals surface area contributed by atoms with Crippen LogP contribution in [0.1, 0.15) is 34.4 Å². The van der Waals surface area contributed by atoms with Crippen molar-refractivity contribution in [1.29, 1.82) is 5.41 Å². The van der Waals surface area contributed by atoms with E-state index in [0.717, 1.165) is 41.8 Å². The molecule has 1 aliphatic carbocycles. The number of aromatic nitrogens is 2. The van der Waals surface area contributed by atoms with Gasteiger partial charge in [-0.2, -0.15) is 0 Å². The van der Waals surface area contributed by atoms with Crippen molar-refractivity contribution >= 4 is 17.4 Å². The molecule has 2 aromatic carbocycles. The van der Waals surface area contributed by atoms with Crippen molar-refractivity contribution in [3.05, 3.63) is 70.7 Å². The number of aromatic hydroxyl groups is 1. The molecule has 1 heterocycles. The molecule has 7 nitrogen and oxygen atoms in total. The molecule has 0 saturated carbocycles. The van der Waals surface area contributed by atoms with E-state index in [9.17, 15) is 9.90 Å². The molecule has 3 aromatic rings. The lowest BCUT2D eigenvalue weighted by Gasteiger charge is -2.12. The molecule has 1 aliphatic rings. The Morgan fingerprint density at radius 1 is 1.20 bits per heavy atom. The minimum Gasteiger partial charge on any atom is -0.508 e. The van der Waals surface area contributed by atoms with Crippen LogP contribution in [0.3, 0.4) is 0 Å². The molecule has 0 fully saturated rings. The summed E-state index contributed by atoms with van der Waals surface area (Å²) in [5.74, 6) is -0.376. The van der Waals surface area contributed by atoms with Crippen molar-refractivity contribution in [3.63, 3.8) is 0 Å². The topological polar surface area (TPSA) is 125 Å². The van der Waals surface area contributed by atoms with Crippen LogP contribution in [-0.4, -0.2) is 26.8 Å². The first-order chi connectivity index (χ1) is 14.4. The Balaban J connectivity index is 1.52. The van der Waals surface area contributed by atoms with Gasteiger partial charge in [0.25, 0.3) is 0 Å². The number of carbonyl (C=O) groups excluding carboxylic acids is 1. The lowest BCUT2D eigenvalue weighted by atomic mass is 10.00. The van der Waals surface area contributed by atoms with Gasteiger partial charge in [-0.05, 0) is 62.1 Å². The van der Waals surface area contributed by atoms with Crippen molar-refractivity contribution in [2.24, 2.45) is 5.73 Å². The Morgan fingerprint density at radius 3 is 2.80 bits per heavy atom. The Bertz CT molecular complexity index is 1160. The van der Waals surface area contributed by atoms with E-state index in [0.29, 0.717) is 16.8 Å². The molecule has 1 aromatic heterocycles. The second-order valence-corrected chi connectivity index (χ2v) is 7.51. The first kappa shape index (κ1) is 19.6. The first-order valence-electron chi connectivity index (χ1n) is 9.82. The maximum Gasteiger partial charge on any atom is 0.228 e. The number of phenols is 1. The third-order valence-corrected chi connectivity index (χ3v) is 5.38. The highest BCUT2D eigenvalue weighted by Crippen LogP contribution is 2.32. The van der Waals surface area contributed by atoms with Crippen LogP contribution in [0.15, 0.2) is 42.7 Å². The number of nitrogens with zero attached hydrogens (tertiary/aromatic N) is 2. The highest BCUT2D eigenvalue weighted by molar-refractivity contribution is 5.96. The van der Waals surface area contributed by atoms with Gasteiger partial charge in [0.15, 0.2) is 0 Å². The summed E-state index contributed by atoms with van der Waals surface area (Å²) in [6.45, 7) is 2.00. The predicted molar refractivity (Wildman–Crippen MR) is 116 cm³/mol. The van der Waals surface area contributed by atoms with E-state index in [-0.39, 0.29) is 23.9 Å². The number of aryl methyl sites for hydroxylation is 2. The Kier molecular flexibility index (Phi) is 5.18. The van der Waals surface area contributed by atoms with Crippen LogP contribution in [0.4, 0.5) is 5.69 Å². The molecule has 152 valence electrons. The van der Waals surface area contributed by atoms with Gasteiger partial charge in [-0.25, -0.2) is 9.97 Å². The first-order valence-corrected chi connectivity index (χ1v) is 9.82. The van der Waals surface area contributed by atoms with Gasteiger partial charge < -0.3 is 16.2 Å². The maximum absolute atomic E-state index is 12.5. The van der Waals surface area contributed by atoms with Crippen molar-refractivity contribution < 1.29 is 9.90 Å². The molecule has 0 unspecified atom stereocenters. The molecular formula is C23H23N5O2. The number of rotatable bonds is 5. The number of hydrogen-bond acceptors (Lipinski definition) is 5. The van der Waals surface area contributed by atoms with Crippen LogP contribution in [0.25, 0.3) is 11.3 Å². The van der Waals surface area contributed by atoms with Crippen LogP contribution in [0.2, 0.25) is 0 Å². The maximum atomic E-state index is 12.5. The third kappa shape index (κ3) is 3.87. The second kappa shape index (κ2) is 7.94. The van der Waals surface area contributed by atoms with Gasteiger partial charge in [-0.3, -0.25) is 10.2 Å². The fourth-order valence-electron chi connectivity index (χ4n) is 3.87. The monoisotopic (exact) mass is 401 g/mol. The van der Waals surface area contributed by atoms with E-state index in [1.807, 2.05) is 25.1 Å². The number of amides is 1. The van der Waals surface area contributed by atoms with Gasteiger partial charge >= 0.3 is 0 Å². The molecule has 7 heteroatoms. The number of anilines is 1. The molecule has 0 radical (unpaired) electrons. The number of benzene rings is 2. The van der Waals surface area contributed by atoms with Crippen molar-refractivity contribution in [2.45, 2.75) is 32.6 Å². The fraction of sp³-hybridized carbons (Fsp3) is 0.217. The summed E-state index contributed by atoms with van der Waals surface area (Å²) >= 11 is 0. The van der Waals surface area contributed by atoms with Gasteiger partial charge in [-0.1, -0.05) is 6.07 Å². The van der Waals surface area contributed by atoms with E-state index in [1.165, 1.54) is 11.6 Å². The summed E-state index contributed by atoms with van der Waals surface area (Å²) < 4.78 is 0. The number of nitrogens with two attached hydrogens (primary N) is 1. The summed E-state index contributed by atoms with van der Waals surface area (Å²) in [4.78, 5) is 21.4. The quantitative estimate of drug-likeness (QED) is 0.386. The van der Waals surface area contributed by atoms with Gasteiger partial charge in [-0.15, -0.1) is 0 Å². The zero-order valence-corrected chi connectivity index (χ0v) is 16.7. The highest BCUT2D eigenvalue weighted by Gasteiger charge is 2.19. The molecular weight excluding hydrogens is 378 g/mol. The molecule has 5 N–H and O–H groups in total. The van der Waals surface area contributed by atoms with Crippen LogP contribution in [0, 0.1) is 12.3 Å². The van der Waals surface area contributed by atoms with Gasteiger partial charge in [0.1, 0.15) is 17.9 Å². The molecule has 4 rings (SSSR count). The van der Waals surface area contributed by atoms with Crippen LogP contribution in [0.5, 0.6) is 5.75 Å². The predicted octanol–water partition coefficient (Wildman–Crippen LogP) is 3.11. The largest absolute Gasteiger partial charge is 0.508 e. The van der Waals surface area contributed by atoms with E-state index in [2.05, 4.69) is 15.3 Å². The third-order valence-electron chi connectivity index (χ3n) is 5.38. The second-order valence-electron chi connectivity index (χ2n) is 7.51. The Morgan fingerprint density at radius 2 is 2.03 bits per heavy atom. The summed E-state index contributed by atoms with van der Waals surface area (Å²) in [5, 5.41) is 20.4. The molecule has 0 atom stereocenters. The average molecular weight is 401 g/mol. The van der Waals surface area contributed by atoms with E-state index < -0.39 is 0 Å². The minimum absolute atomic E-state index is 0.000652. The van der Waals surface area contributed by atoms with E-state index >= 15 is 0 Å². The lowest BCUT2D eigenvalue weighted by molar-refractivity contribution is -0.115. The number of fused-ring (bicyclic) bond motifs is 1. The molecule has 1 amide bonds. The smallest absolute Gasteiger partial charge is 0.228 e. The normalized spacial score (nSPS) is 12.4. The number of amidine groups is 1. The summed E-state index contributed by atoms with van der Waals surface area (Å²) in [6, 6.07) is 10.3. The summed E-state index contributed by atoms with van der Waals surface area (Å²) in [6.07, 6.45) is 4.69. The molecule has 0 spiro atoms. The number of phenolic OH excluding ortho intramolecular Hbond substituents is 1. The standard InChI is InChI=1S/C23H23N5O2/c1-13-9-16(6-7-17(13)22-18-3-2-4-19(18)26-12-27-22)28-21(30)11-15-10-14(23(24)25)5-8-20(15)29/h5-10,12,29H,2-4,11H2,1H3,(H3,24,25)(H,28,30). The Hall–Kier alpha value is -3.74. The molecule has 0 bridgehead atoms. The zero-order chi connectivity index (χ0) is 21.3. The number of nitrogen functional groups attached to an aromatic ring is 1. The number of nitrogens with one attached hydrogen (secondary N) is 2. The van der Waals surface area contributed by atoms with Crippen LogP contribution < -0.4 is 11.1 Å². The van der Waals surface area contributed by atoms with Gasteiger partial charge in [0, 0.05) is 33.6 Å². The van der Waals surface area contributed by atoms with Crippen LogP contribution >= 0.6 is 0 Å². The summed E-state index contributed by atoms with van der Waals surface area (Å²) in [5.41, 5.74) is 12.4. The van der Waals surface area contributed by atoms with E-state index in [1.54, 1.807) is 18.5 Å². The van der Waals surface area contributed by atoms with Gasteiger partial charge in [0.2, 0.25) is 5.91 Å². The SMILES string of the molecule is Cc1cc(NC(=O)Cc2cc(C(=N)N)ccc2O)ccc1-c1ncnc2c1CCC2. The van der Waals surface area contributed by atoms with Gasteiger partial charge in [0.05, 0.1) is 12.1 Å².